The number of nitrogens with one attached hydrogen (secondary N) is 2. The number of hydrogen-bond donors (Lipinski definition) is 2. The van der Waals surface area contributed by atoms with Crippen molar-refractivity contribution in [1.29, 1.82) is 0 Å². The van der Waals surface area contributed by atoms with Gasteiger partial charge in [0.1, 0.15) is 11.8 Å². The number of carbonyl (C=O) groups excluding carboxylic acids is 3. The summed E-state index contributed by atoms with van der Waals surface area (Å²) in [6.45, 7) is 0.581. The summed E-state index contributed by atoms with van der Waals surface area (Å²) in [5.41, 5.74) is 2.46. The monoisotopic (exact) mass is 539 g/mol. The predicted octanol–water partition coefficient (Wildman–Crippen LogP) is 4.68. The molecule has 1 heterocycles. The molecule has 3 aromatic carbocycles. The Balaban J connectivity index is 1.17. The standard InChI is InChI=1S/C33H37N3O4/c1-40-28-20-14-25(15-21-28)31(37)34-26-16-18-27(19-17-26)35-32(38)29-13-8-22-36(29)33(39)30(23-9-4-2-5-10-23)24-11-6-3-7-12-24/h2-7,9-12,14-15,20-21,26-27,29-30H,8,13,16-19,22H2,1H3,(H,34,37)(H,35,38)/t26?,27?,29-/m0/s1. The molecule has 7 heteroatoms. The first kappa shape index (κ1) is 27.4. The minimum Gasteiger partial charge on any atom is -0.497 e. The molecular weight excluding hydrogens is 502 g/mol. The molecular formula is C33H37N3O4. The van der Waals surface area contributed by atoms with Gasteiger partial charge in [0.2, 0.25) is 11.8 Å². The summed E-state index contributed by atoms with van der Waals surface area (Å²) in [6.07, 6.45) is 4.65. The second-order valence-electron chi connectivity index (χ2n) is 10.7. The number of methoxy groups -OCH3 is 1. The van der Waals surface area contributed by atoms with Gasteiger partial charge in [0, 0.05) is 24.2 Å². The van der Waals surface area contributed by atoms with Crippen molar-refractivity contribution >= 4 is 17.7 Å². The normalized spacial score (nSPS) is 20.6. The van der Waals surface area contributed by atoms with Gasteiger partial charge in [0.05, 0.1) is 13.0 Å². The van der Waals surface area contributed by atoms with Gasteiger partial charge in [0.15, 0.2) is 0 Å². The number of hydrogen-bond acceptors (Lipinski definition) is 4. The predicted molar refractivity (Wildman–Crippen MR) is 154 cm³/mol. The largest absolute Gasteiger partial charge is 0.497 e. The molecule has 0 bridgehead atoms. The molecule has 208 valence electrons. The molecule has 0 radical (unpaired) electrons. The maximum atomic E-state index is 14.0. The van der Waals surface area contributed by atoms with E-state index in [2.05, 4.69) is 10.6 Å². The molecule has 2 aliphatic rings. The van der Waals surface area contributed by atoms with Crippen LogP contribution >= 0.6 is 0 Å². The van der Waals surface area contributed by atoms with Gasteiger partial charge in [-0.3, -0.25) is 14.4 Å². The smallest absolute Gasteiger partial charge is 0.251 e. The zero-order valence-corrected chi connectivity index (χ0v) is 22.9. The van der Waals surface area contributed by atoms with Crippen molar-refractivity contribution in [3.05, 3.63) is 102 Å². The average molecular weight is 540 g/mol. The molecule has 5 rings (SSSR count). The lowest BCUT2D eigenvalue weighted by molar-refractivity contribution is -0.139. The molecule has 1 aliphatic carbocycles. The summed E-state index contributed by atoms with van der Waals surface area (Å²) >= 11 is 0. The number of nitrogens with zero attached hydrogens (tertiary/aromatic N) is 1. The van der Waals surface area contributed by atoms with Gasteiger partial charge < -0.3 is 20.3 Å². The van der Waals surface area contributed by atoms with Gasteiger partial charge in [-0.25, -0.2) is 0 Å². The highest BCUT2D eigenvalue weighted by Crippen LogP contribution is 2.31. The van der Waals surface area contributed by atoms with E-state index in [1.54, 1.807) is 36.3 Å². The highest BCUT2D eigenvalue weighted by Gasteiger charge is 2.39. The third-order valence-electron chi connectivity index (χ3n) is 8.11. The second kappa shape index (κ2) is 12.8. The minimum atomic E-state index is -0.463. The fourth-order valence-corrected chi connectivity index (χ4v) is 5.93. The topological polar surface area (TPSA) is 87.7 Å². The quantitative estimate of drug-likeness (QED) is 0.435. The van der Waals surface area contributed by atoms with Gasteiger partial charge in [0.25, 0.3) is 5.91 Å². The Hall–Kier alpha value is -4.13. The zero-order valence-electron chi connectivity index (χ0n) is 22.9. The highest BCUT2D eigenvalue weighted by molar-refractivity contribution is 5.94. The van der Waals surface area contributed by atoms with Crippen LogP contribution in [-0.2, 0) is 9.59 Å². The molecule has 2 fully saturated rings. The summed E-state index contributed by atoms with van der Waals surface area (Å²) < 4.78 is 5.16. The number of amides is 3. The Morgan fingerprint density at radius 3 is 1.85 bits per heavy atom. The summed E-state index contributed by atoms with van der Waals surface area (Å²) in [5.74, 6) is 0.0737. The highest BCUT2D eigenvalue weighted by atomic mass is 16.5. The van der Waals surface area contributed by atoms with E-state index >= 15 is 0 Å². The van der Waals surface area contributed by atoms with Crippen molar-refractivity contribution in [3.63, 3.8) is 0 Å². The molecule has 40 heavy (non-hydrogen) atoms. The summed E-state index contributed by atoms with van der Waals surface area (Å²) in [7, 11) is 1.60. The first-order valence-corrected chi connectivity index (χ1v) is 14.2. The maximum Gasteiger partial charge on any atom is 0.251 e. The Kier molecular flexibility index (Phi) is 8.79. The van der Waals surface area contributed by atoms with Crippen molar-refractivity contribution in [2.24, 2.45) is 0 Å². The Bertz CT molecular complexity index is 1250. The number of carbonyl (C=O) groups is 3. The SMILES string of the molecule is COc1ccc(C(=O)NC2CCC(NC(=O)[C@@H]3CCCN3C(=O)C(c3ccccc3)c3ccccc3)CC2)cc1. The Morgan fingerprint density at radius 1 is 0.750 bits per heavy atom. The van der Waals surface area contributed by atoms with Crippen LogP contribution in [0.5, 0.6) is 5.75 Å². The van der Waals surface area contributed by atoms with Gasteiger partial charge in [-0.2, -0.15) is 0 Å². The van der Waals surface area contributed by atoms with Crippen molar-refractivity contribution in [2.75, 3.05) is 13.7 Å². The fraction of sp³-hybridized carbons (Fsp3) is 0.364. The van der Waals surface area contributed by atoms with Crippen molar-refractivity contribution in [2.45, 2.75) is 62.6 Å². The molecule has 1 saturated heterocycles. The maximum absolute atomic E-state index is 14.0. The third-order valence-corrected chi connectivity index (χ3v) is 8.11. The van der Waals surface area contributed by atoms with Crippen LogP contribution < -0.4 is 15.4 Å². The molecule has 3 aromatic rings. The lowest BCUT2D eigenvalue weighted by Crippen LogP contribution is -2.51. The van der Waals surface area contributed by atoms with Crippen molar-refractivity contribution < 1.29 is 19.1 Å². The molecule has 2 N–H and O–H groups in total. The number of benzene rings is 3. The molecule has 0 spiro atoms. The Morgan fingerprint density at radius 2 is 1.30 bits per heavy atom. The molecule has 0 unspecified atom stereocenters. The molecule has 1 saturated carbocycles. The van der Waals surface area contributed by atoms with Crippen molar-refractivity contribution in [1.82, 2.24) is 15.5 Å². The first-order valence-electron chi connectivity index (χ1n) is 14.2. The van der Waals surface area contributed by atoms with E-state index in [0.29, 0.717) is 24.3 Å². The minimum absolute atomic E-state index is 0.0278. The van der Waals surface area contributed by atoms with Gasteiger partial charge >= 0.3 is 0 Å². The average Bonchev–Trinajstić information content (AvgIpc) is 3.50. The number of ether oxygens (including phenoxy) is 1. The van der Waals surface area contributed by atoms with Gasteiger partial charge in [-0.05, 0) is 73.9 Å². The first-order chi connectivity index (χ1) is 19.5. The summed E-state index contributed by atoms with van der Waals surface area (Å²) in [5, 5.41) is 6.34. The molecule has 1 atom stereocenters. The number of likely N-dealkylation sites (tertiary alicyclic amines) is 1. The van der Waals surface area contributed by atoms with Gasteiger partial charge in [-0.1, -0.05) is 60.7 Å². The molecule has 7 nitrogen and oxygen atoms in total. The van der Waals surface area contributed by atoms with Crippen LogP contribution in [0.4, 0.5) is 0 Å². The van der Waals surface area contributed by atoms with Crippen LogP contribution in [-0.4, -0.2) is 54.4 Å². The third kappa shape index (κ3) is 6.36. The molecule has 3 amide bonds. The van der Waals surface area contributed by atoms with Crippen LogP contribution in [0.2, 0.25) is 0 Å². The van der Waals surface area contributed by atoms with Crippen LogP contribution in [0.1, 0.15) is 65.9 Å². The summed E-state index contributed by atoms with van der Waals surface area (Å²) in [6, 6.07) is 26.3. The lowest BCUT2D eigenvalue weighted by atomic mass is 9.89. The van der Waals surface area contributed by atoms with E-state index < -0.39 is 12.0 Å². The Labute approximate surface area is 235 Å². The number of rotatable bonds is 8. The summed E-state index contributed by atoms with van der Waals surface area (Å²) in [4.78, 5) is 41.8. The van der Waals surface area contributed by atoms with E-state index in [0.717, 1.165) is 43.2 Å². The van der Waals surface area contributed by atoms with E-state index in [4.69, 9.17) is 4.74 Å². The van der Waals surface area contributed by atoms with Gasteiger partial charge in [-0.15, -0.1) is 0 Å². The van der Waals surface area contributed by atoms with Crippen LogP contribution in [0, 0.1) is 0 Å². The van der Waals surface area contributed by atoms with Crippen LogP contribution in [0.25, 0.3) is 0 Å². The molecule has 1 aliphatic heterocycles. The van der Waals surface area contributed by atoms with Crippen LogP contribution in [0.15, 0.2) is 84.9 Å². The fourth-order valence-electron chi connectivity index (χ4n) is 5.93. The zero-order chi connectivity index (χ0) is 27.9. The molecule has 0 aromatic heterocycles. The van der Waals surface area contributed by atoms with E-state index in [1.807, 2.05) is 60.7 Å². The van der Waals surface area contributed by atoms with Crippen molar-refractivity contribution in [3.8, 4) is 5.75 Å². The lowest BCUT2D eigenvalue weighted by Gasteiger charge is -2.33. The van der Waals surface area contributed by atoms with E-state index in [9.17, 15) is 14.4 Å². The van der Waals surface area contributed by atoms with Crippen LogP contribution in [0.3, 0.4) is 0 Å². The van der Waals surface area contributed by atoms with E-state index in [1.165, 1.54) is 0 Å². The van der Waals surface area contributed by atoms with E-state index in [-0.39, 0.29) is 29.8 Å². The second-order valence-corrected chi connectivity index (χ2v) is 10.7.